The second-order valence-electron chi connectivity index (χ2n) is 10.3. The minimum Gasteiger partial charge on any atom is -0.508 e. The molecule has 2 aromatic rings. The molecule has 0 amide bonds. The van der Waals surface area contributed by atoms with Crippen LogP contribution < -0.4 is 4.74 Å². The Morgan fingerprint density at radius 1 is 1.00 bits per heavy atom. The van der Waals surface area contributed by atoms with Crippen LogP contribution in [0.4, 0.5) is 4.39 Å². The van der Waals surface area contributed by atoms with Crippen LogP contribution in [0, 0.1) is 22.7 Å². The molecule has 0 bridgehead atoms. The smallest absolute Gasteiger partial charge is 0.316 e. The van der Waals surface area contributed by atoms with Gasteiger partial charge < -0.3 is 9.84 Å². The van der Waals surface area contributed by atoms with Crippen molar-refractivity contribution in [3.8, 4) is 23.0 Å². The summed E-state index contributed by atoms with van der Waals surface area (Å²) in [4.78, 5) is 12.5. The van der Waals surface area contributed by atoms with Gasteiger partial charge in [-0.25, -0.2) is 4.39 Å². The molecule has 5 heteroatoms. The summed E-state index contributed by atoms with van der Waals surface area (Å²) in [6, 6.07) is 5.58. The average molecular weight is 443 g/mol. The molecule has 2 aromatic carbocycles. The lowest BCUT2D eigenvalue weighted by molar-refractivity contribution is -0.142. The second-order valence-corrected chi connectivity index (χ2v) is 15.9. The van der Waals surface area contributed by atoms with Crippen LogP contribution in [0.15, 0.2) is 24.3 Å². The van der Waals surface area contributed by atoms with E-state index in [0.717, 1.165) is 0 Å². The van der Waals surface area contributed by atoms with Crippen LogP contribution in [0.1, 0.15) is 67.9 Å². The third-order valence-corrected chi connectivity index (χ3v) is 12.3. The maximum atomic E-state index is 14.5. The van der Waals surface area contributed by atoms with Crippen LogP contribution in [0.25, 0.3) is 10.8 Å². The molecule has 168 valence electrons. The molecule has 31 heavy (non-hydrogen) atoms. The first-order chi connectivity index (χ1) is 14.2. The zero-order valence-corrected chi connectivity index (χ0v) is 21.2. The van der Waals surface area contributed by atoms with Crippen molar-refractivity contribution in [2.45, 2.75) is 78.9 Å². The molecule has 0 aliphatic rings. The van der Waals surface area contributed by atoms with Crippen LogP contribution in [0.3, 0.4) is 0 Å². The van der Waals surface area contributed by atoms with Crippen LogP contribution in [-0.4, -0.2) is 19.1 Å². The van der Waals surface area contributed by atoms with Crippen molar-refractivity contribution in [1.29, 1.82) is 0 Å². The number of ether oxygens (including phenoxy) is 1. The Balaban J connectivity index is 2.80. The van der Waals surface area contributed by atoms with E-state index in [0.29, 0.717) is 33.0 Å². The Labute approximate surface area is 187 Å². The third kappa shape index (κ3) is 5.12. The van der Waals surface area contributed by atoms with E-state index in [-0.39, 0.29) is 11.5 Å². The Bertz CT molecular complexity index is 1010. The van der Waals surface area contributed by atoms with Gasteiger partial charge in [0.15, 0.2) is 0 Å². The largest absolute Gasteiger partial charge is 0.508 e. The molecule has 1 N–H and O–H groups in total. The lowest BCUT2D eigenvalue weighted by atomic mass is 9.97. The highest BCUT2D eigenvalue weighted by Gasteiger charge is 2.41. The normalized spacial score (nSPS) is 12.4. The van der Waals surface area contributed by atoms with Gasteiger partial charge in [-0.05, 0) is 61.0 Å². The fourth-order valence-electron chi connectivity index (χ4n) is 4.46. The van der Waals surface area contributed by atoms with E-state index in [1.807, 2.05) is 0 Å². The summed E-state index contributed by atoms with van der Waals surface area (Å²) < 4.78 is 20.1. The van der Waals surface area contributed by atoms with Crippen molar-refractivity contribution in [3.63, 3.8) is 0 Å². The SMILES string of the molecule is CC(C)[Si](C#Cc1cc(F)cc2cc(O)cc(OC(=O)C(C)(C)C)c12)(C(C)C)C(C)C. The molecule has 0 heterocycles. The first-order valence-corrected chi connectivity index (χ1v) is 13.1. The molecule has 0 aliphatic heterocycles. The van der Waals surface area contributed by atoms with E-state index in [1.165, 1.54) is 24.3 Å². The van der Waals surface area contributed by atoms with Crippen molar-refractivity contribution in [3.05, 3.63) is 35.6 Å². The van der Waals surface area contributed by atoms with Gasteiger partial charge in [-0.3, -0.25) is 4.79 Å². The van der Waals surface area contributed by atoms with Gasteiger partial charge in [0.2, 0.25) is 0 Å². The first-order valence-electron chi connectivity index (χ1n) is 10.9. The van der Waals surface area contributed by atoms with Crippen molar-refractivity contribution in [2.24, 2.45) is 5.41 Å². The molecule has 3 nitrogen and oxygen atoms in total. The number of halogens is 1. The van der Waals surface area contributed by atoms with Crippen molar-refractivity contribution in [2.75, 3.05) is 0 Å². The monoisotopic (exact) mass is 442 g/mol. The van der Waals surface area contributed by atoms with Crippen LogP contribution in [-0.2, 0) is 4.79 Å². The Morgan fingerprint density at radius 2 is 1.55 bits per heavy atom. The van der Waals surface area contributed by atoms with Crippen LogP contribution in [0.5, 0.6) is 11.5 Å². The molecule has 2 rings (SSSR count). The van der Waals surface area contributed by atoms with E-state index in [9.17, 15) is 14.3 Å². The lowest BCUT2D eigenvalue weighted by Gasteiger charge is -2.38. The third-order valence-electron chi connectivity index (χ3n) is 6.06. The summed E-state index contributed by atoms with van der Waals surface area (Å²) in [6.45, 7) is 18.6. The summed E-state index contributed by atoms with van der Waals surface area (Å²) in [7, 11) is -2.05. The van der Waals surface area contributed by atoms with Gasteiger partial charge in [0, 0.05) is 17.0 Å². The first kappa shape index (κ1) is 24.9. The van der Waals surface area contributed by atoms with Gasteiger partial charge in [-0.15, -0.1) is 5.54 Å². The number of aromatic hydroxyl groups is 1. The lowest BCUT2D eigenvalue weighted by Crippen LogP contribution is -2.43. The number of benzene rings is 2. The Kier molecular flexibility index (Phi) is 7.27. The molecule has 0 radical (unpaired) electrons. The Morgan fingerprint density at radius 3 is 2.03 bits per heavy atom. The number of phenols is 1. The van der Waals surface area contributed by atoms with Gasteiger partial charge in [0.05, 0.1) is 5.41 Å². The summed E-state index contributed by atoms with van der Waals surface area (Å²) in [5.41, 5.74) is 4.66. The summed E-state index contributed by atoms with van der Waals surface area (Å²) >= 11 is 0. The van der Waals surface area contributed by atoms with E-state index >= 15 is 0 Å². The fourth-order valence-corrected chi connectivity index (χ4v) is 9.68. The molecule has 0 fully saturated rings. The summed E-state index contributed by atoms with van der Waals surface area (Å²) in [5.74, 6) is 2.51. The molecular weight excluding hydrogens is 407 g/mol. The number of esters is 1. The number of carbonyl (C=O) groups excluding carboxylic acids is 1. The van der Waals surface area contributed by atoms with Crippen molar-refractivity contribution >= 4 is 24.8 Å². The maximum Gasteiger partial charge on any atom is 0.316 e. The molecular formula is C26H35FO3Si. The van der Waals surface area contributed by atoms with Crippen molar-refractivity contribution in [1.82, 2.24) is 0 Å². The quantitative estimate of drug-likeness (QED) is 0.236. The van der Waals surface area contributed by atoms with Gasteiger partial charge >= 0.3 is 5.97 Å². The minimum absolute atomic E-state index is 0.0935. The summed E-state index contributed by atoms with van der Waals surface area (Å²) in [6.07, 6.45) is 0. The highest BCUT2D eigenvalue weighted by Crippen LogP contribution is 2.41. The van der Waals surface area contributed by atoms with Crippen LogP contribution in [0.2, 0.25) is 16.6 Å². The summed E-state index contributed by atoms with van der Waals surface area (Å²) in [5, 5.41) is 11.1. The van der Waals surface area contributed by atoms with Gasteiger partial charge in [-0.1, -0.05) is 47.5 Å². The van der Waals surface area contributed by atoms with Crippen LogP contribution >= 0.6 is 0 Å². The number of hydrogen-bond donors (Lipinski definition) is 1. The fraction of sp³-hybridized carbons (Fsp3) is 0.500. The average Bonchev–Trinajstić information content (AvgIpc) is 2.59. The van der Waals surface area contributed by atoms with Crippen molar-refractivity contribution < 1.29 is 19.0 Å². The predicted octanol–water partition coefficient (Wildman–Crippen LogP) is 7.21. The molecule has 0 saturated heterocycles. The van der Waals surface area contributed by atoms with E-state index in [4.69, 9.17) is 4.74 Å². The zero-order valence-electron chi connectivity index (χ0n) is 20.2. The standard InChI is InChI=1S/C26H35FO3Si/c1-16(2)31(17(3)4,18(5)6)11-10-19-12-21(27)13-20-14-22(28)15-23(24(19)20)30-25(29)26(7,8)9/h12-18,28H,1-9H3. The molecule has 0 spiro atoms. The second kappa shape index (κ2) is 9.04. The molecule has 0 aliphatic carbocycles. The topological polar surface area (TPSA) is 46.5 Å². The van der Waals surface area contributed by atoms with E-state index in [2.05, 4.69) is 53.0 Å². The number of rotatable bonds is 4. The molecule has 0 aromatic heterocycles. The van der Waals surface area contributed by atoms with Gasteiger partial charge in [0.1, 0.15) is 25.4 Å². The minimum atomic E-state index is -2.05. The Hall–Kier alpha value is -2.32. The number of hydrogen-bond acceptors (Lipinski definition) is 3. The number of carbonyl (C=O) groups is 1. The number of fused-ring (bicyclic) bond motifs is 1. The zero-order chi connectivity index (χ0) is 23.7. The van der Waals surface area contributed by atoms with Gasteiger partial charge in [-0.2, -0.15) is 0 Å². The van der Waals surface area contributed by atoms with E-state index < -0.39 is 25.3 Å². The molecule has 0 atom stereocenters. The predicted molar refractivity (Wildman–Crippen MR) is 129 cm³/mol. The number of phenolic OH excluding ortho intramolecular Hbond substituents is 1. The molecule has 0 unspecified atom stereocenters. The molecule has 0 saturated carbocycles. The maximum absolute atomic E-state index is 14.5. The van der Waals surface area contributed by atoms with E-state index in [1.54, 1.807) is 20.8 Å². The van der Waals surface area contributed by atoms with Gasteiger partial charge in [0.25, 0.3) is 0 Å². The highest BCUT2D eigenvalue weighted by atomic mass is 28.3. The highest BCUT2D eigenvalue weighted by molar-refractivity contribution is 6.90.